The number of nitrogens with two attached hydrogens (primary N) is 1. The highest BCUT2D eigenvalue weighted by Gasteiger charge is 2.12. The summed E-state index contributed by atoms with van der Waals surface area (Å²) in [5, 5.41) is -0.499. The maximum Gasteiger partial charge on any atom is 0.180 e. The molecule has 2 nitrogen and oxygen atoms in total. The first-order valence-corrected chi connectivity index (χ1v) is 4.50. The minimum Gasteiger partial charge on any atom is -0.399 e. The van der Waals surface area contributed by atoms with Gasteiger partial charge in [-0.15, -0.1) is 11.6 Å². The lowest BCUT2D eigenvalue weighted by Gasteiger charge is -2.04. The molecule has 0 spiro atoms. The molecule has 70 valence electrons. The Morgan fingerprint density at radius 3 is 2.54 bits per heavy atom. The van der Waals surface area contributed by atoms with Crippen molar-refractivity contribution in [1.29, 1.82) is 0 Å². The normalized spacial score (nSPS) is 12.5. The Kier molecular flexibility index (Phi) is 2.94. The van der Waals surface area contributed by atoms with Crippen LogP contribution in [0.5, 0.6) is 0 Å². The number of halogens is 1. The lowest BCUT2D eigenvalue weighted by molar-refractivity contribution is 0.0991. The molecule has 0 aliphatic carbocycles. The van der Waals surface area contributed by atoms with Crippen molar-refractivity contribution in [2.24, 2.45) is 0 Å². The summed E-state index contributed by atoms with van der Waals surface area (Å²) in [6, 6.07) is 5.25. The summed E-state index contributed by atoms with van der Waals surface area (Å²) in [5.74, 6) is -0.0860. The maximum atomic E-state index is 11.5. The first kappa shape index (κ1) is 10.1. The number of hydrogen-bond donors (Lipinski definition) is 1. The van der Waals surface area contributed by atoms with Crippen LogP contribution in [-0.2, 0) is 0 Å². The summed E-state index contributed by atoms with van der Waals surface area (Å²) >= 11 is 5.68. The largest absolute Gasteiger partial charge is 0.399 e. The third kappa shape index (κ3) is 2.46. The number of benzene rings is 1. The summed E-state index contributed by atoms with van der Waals surface area (Å²) in [6.07, 6.45) is 0. The van der Waals surface area contributed by atoms with Gasteiger partial charge in [-0.25, -0.2) is 0 Å². The van der Waals surface area contributed by atoms with Crippen LogP contribution in [0.3, 0.4) is 0 Å². The second-order valence-electron chi connectivity index (χ2n) is 3.11. The average molecular weight is 198 g/mol. The van der Waals surface area contributed by atoms with Crippen molar-refractivity contribution in [2.45, 2.75) is 19.2 Å². The van der Waals surface area contributed by atoms with E-state index in [9.17, 15) is 4.79 Å². The molecule has 1 rings (SSSR count). The highest BCUT2D eigenvalue weighted by molar-refractivity contribution is 6.33. The van der Waals surface area contributed by atoms with Crippen LogP contribution in [0.1, 0.15) is 22.8 Å². The van der Waals surface area contributed by atoms with Gasteiger partial charge in [0.25, 0.3) is 0 Å². The van der Waals surface area contributed by atoms with Crippen molar-refractivity contribution < 1.29 is 4.79 Å². The van der Waals surface area contributed by atoms with E-state index in [1.807, 2.05) is 13.0 Å². The number of ketones is 1. The van der Waals surface area contributed by atoms with Crippen LogP contribution in [0.4, 0.5) is 5.69 Å². The van der Waals surface area contributed by atoms with E-state index in [1.54, 1.807) is 19.1 Å². The number of Topliss-reactive ketones (excluding diaryl/α,β-unsaturated/α-hetero) is 1. The predicted octanol–water partition coefficient (Wildman–Crippen LogP) is 2.39. The molecule has 1 unspecified atom stereocenters. The van der Waals surface area contributed by atoms with E-state index in [1.165, 1.54) is 0 Å². The second-order valence-corrected chi connectivity index (χ2v) is 3.77. The zero-order valence-electron chi connectivity index (χ0n) is 7.67. The fraction of sp³-hybridized carbons (Fsp3) is 0.300. The Labute approximate surface area is 82.7 Å². The Morgan fingerprint density at radius 2 is 2.08 bits per heavy atom. The van der Waals surface area contributed by atoms with Gasteiger partial charge in [-0.3, -0.25) is 4.79 Å². The third-order valence-corrected chi connectivity index (χ3v) is 1.94. The van der Waals surface area contributed by atoms with E-state index in [2.05, 4.69) is 0 Å². The van der Waals surface area contributed by atoms with Crippen molar-refractivity contribution in [1.82, 2.24) is 0 Å². The lowest BCUT2D eigenvalue weighted by atomic mass is 10.1. The van der Waals surface area contributed by atoms with E-state index < -0.39 is 5.38 Å². The molecule has 0 saturated heterocycles. The minimum absolute atomic E-state index is 0.0860. The smallest absolute Gasteiger partial charge is 0.180 e. The number of carbonyl (C=O) groups excluding carboxylic acids is 1. The van der Waals surface area contributed by atoms with Gasteiger partial charge >= 0.3 is 0 Å². The standard InChI is InChI=1S/C10H12ClNO/c1-6-3-8(5-9(12)4-6)10(13)7(2)11/h3-5,7H,12H2,1-2H3. The molecule has 1 aromatic rings. The van der Waals surface area contributed by atoms with Crippen molar-refractivity contribution in [2.75, 3.05) is 5.73 Å². The summed E-state index contributed by atoms with van der Waals surface area (Å²) in [7, 11) is 0. The van der Waals surface area contributed by atoms with Crippen LogP contribution in [0, 0.1) is 6.92 Å². The Balaban J connectivity index is 3.08. The SMILES string of the molecule is Cc1cc(N)cc(C(=O)C(C)Cl)c1. The number of carbonyl (C=O) groups is 1. The summed E-state index contributed by atoms with van der Waals surface area (Å²) < 4.78 is 0. The predicted molar refractivity (Wildman–Crippen MR) is 55.2 cm³/mol. The van der Waals surface area contributed by atoms with Crippen molar-refractivity contribution in [3.8, 4) is 0 Å². The summed E-state index contributed by atoms with van der Waals surface area (Å²) in [6.45, 7) is 3.55. The van der Waals surface area contributed by atoms with E-state index >= 15 is 0 Å². The first-order chi connectivity index (χ1) is 6.00. The van der Waals surface area contributed by atoms with Gasteiger partial charge in [0.2, 0.25) is 0 Å². The molecule has 0 aromatic heterocycles. The van der Waals surface area contributed by atoms with Gasteiger partial charge in [0.05, 0.1) is 5.38 Å². The van der Waals surface area contributed by atoms with E-state index in [0.29, 0.717) is 11.3 Å². The van der Waals surface area contributed by atoms with E-state index in [0.717, 1.165) is 5.56 Å². The van der Waals surface area contributed by atoms with Crippen LogP contribution in [-0.4, -0.2) is 11.2 Å². The fourth-order valence-corrected chi connectivity index (χ4v) is 1.31. The van der Waals surface area contributed by atoms with Crippen LogP contribution in [0.15, 0.2) is 18.2 Å². The Morgan fingerprint density at radius 1 is 1.46 bits per heavy atom. The molecule has 0 saturated carbocycles. The van der Waals surface area contributed by atoms with E-state index in [4.69, 9.17) is 17.3 Å². The van der Waals surface area contributed by atoms with Gasteiger partial charge in [-0.1, -0.05) is 0 Å². The van der Waals surface area contributed by atoms with Gasteiger partial charge < -0.3 is 5.73 Å². The number of anilines is 1. The molecule has 1 atom stereocenters. The first-order valence-electron chi connectivity index (χ1n) is 4.06. The fourth-order valence-electron chi connectivity index (χ4n) is 1.18. The van der Waals surface area contributed by atoms with Crippen LogP contribution in [0.25, 0.3) is 0 Å². The number of aryl methyl sites for hydroxylation is 1. The number of nitrogen functional groups attached to an aromatic ring is 1. The van der Waals surface area contributed by atoms with Gasteiger partial charge in [0.1, 0.15) is 0 Å². The highest BCUT2D eigenvalue weighted by atomic mass is 35.5. The van der Waals surface area contributed by atoms with Gasteiger partial charge in [0, 0.05) is 11.3 Å². The average Bonchev–Trinajstić information content (AvgIpc) is 2.01. The molecule has 13 heavy (non-hydrogen) atoms. The molecule has 0 fully saturated rings. The highest BCUT2D eigenvalue weighted by Crippen LogP contribution is 2.14. The van der Waals surface area contributed by atoms with Crippen molar-refractivity contribution >= 4 is 23.1 Å². The molecule has 2 N–H and O–H groups in total. The molecule has 0 aliphatic heterocycles. The van der Waals surface area contributed by atoms with Crippen molar-refractivity contribution in [3.05, 3.63) is 29.3 Å². The Bertz CT molecular complexity index is 313. The zero-order chi connectivity index (χ0) is 10.0. The quantitative estimate of drug-likeness (QED) is 0.450. The Hall–Kier alpha value is -1.02. The molecule has 3 heteroatoms. The third-order valence-electron chi connectivity index (χ3n) is 1.75. The summed E-state index contributed by atoms with van der Waals surface area (Å²) in [5.41, 5.74) is 7.76. The molecule has 0 aliphatic rings. The monoisotopic (exact) mass is 197 g/mol. The number of hydrogen-bond acceptors (Lipinski definition) is 2. The minimum atomic E-state index is -0.499. The summed E-state index contributed by atoms with van der Waals surface area (Å²) in [4.78, 5) is 11.5. The number of alkyl halides is 1. The van der Waals surface area contributed by atoms with Crippen molar-refractivity contribution in [3.63, 3.8) is 0 Å². The van der Waals surface area contributed by atoms with Crippen LogP contribution >= 0.6 is 11.6 Å². The molecular formula is C10H12ClNO. The molecule has 0 bridgehead atoms. The molecular weight excluding hydrogens is 186 g/mol. The van der Waals surface area contributed by atoms with Gasteiger partial charge in [-0.05, 0) is 37.6 Å². The van der Waals surface area contributed by atoms with Crippen LogP contribution < -0.4 is 5.73 Å². The maximum absolute atomic E-state index is 11.5. The second kappa shape index (κ2) is 3.79. The lowest BCUT2D eigenvalue weighted by Crippen LogP contribution is -2.10. The number of rotatable bonds is 2. The van der Waals surface area contributed by atoms with Crippen LogP contribution in [0.2, 0.25) is 0 Å². The van der Waals surface area contributed by atoms with E-state index in [-0.39, 0.29) is 5.78 Å². The molecule has 1 aromatic carbocycles. The van der Waals surface area contributed by atoms with Gasteiger partial charge in [0.15, 0.2) is 5.78 Å². The molecule has 0 heterocycles. The molecule has 0 amide bonds. The molecule has 0 radical (unpaired) electrons. The topological polar surface area (TPSA) is 43.1 Å². The van der Waals surface area contributed by atoms with Gasteiger partial charge in [-0.2, -0.15) is 0 Å². The zero-order valence-corrected chi connectivity index (χ0v) is 8.43.